The highest BCUT2D eigenvalue weighted by Gasteiger charge is 2.27. The number of benzene rings is 1. The standard InChI is InChI=1S/C18H27ClN2O2/c1-3-18(23,4-2)13-20-14-9-11-21(12-10-14)17(22)15-7-5-6-8-16(15)19/h5-8,14,20,23H,3-4,9-13H2,1-2H3. The van der Waals surface area contributed by atoms with E-state index in [9.17, 15) is 9.90 Å². The molecule has 0 unspecified atom stereocenters. The Morgan fingerprint density at radius 3 is 2.48 bits per heavy atom. The first-order valence-corrected chi connectivity index (χ1v) is 8.86. The third-order valence-corrected chi connectivity index (χ3v) is 5.25. The molecule has 1 aliphatic rings. The largest absolute Gasteiger partial charge is 0.389 e. The molecule has 0 atom stereocenters. The first-order chi connectivity index (χ1) is 11.0. The third-order valence-electron chi connectivity index (χ3n) is 4.92. The van der Waals surface area contributed by atoms with Crippen LogP contribution in [-0.2, 0) is 0 Å². The lowest BCUT2D eigenvalue weighted by atomic mass is 9.96. The zero-order chi connectivity index (χ0) is 16.9. The number of amides is 1. The molecular weight excluding hydrogens is 312 g/mol. The maximum Gasteiger partial charge on any atom is 0.255 e. The highest BCUT2D eigenvalue weighted by atomic mass is 35.5. The second kappa shape index (κ2) is 8.13. The number of carbonyl (C=O) groups is 1. The molecule has 1 aromatic carbocycles. The summed E-state index contributed by atoms with van der Waals surface area (Å²) in [5.41, 5.74) is -0.0447. The highest BCUT2D eigenvalue weighted by molar-refractivity contribution is 6.33. The lowest BCUT2D eigenvalue weighted by Crippen LogP contribution is -2.49. The maximum absolute atomic E-state index is 12.5. The van der Waals surface area contributed by atoms with Gasteiger partial charge in [-0.15, -0.1) is 0 Å². The van der Waals surface area contributed by atoms with Crippen LogP contribution in [0.4, 0.5) is 0 Å². The normalized spacial score (nSPS) is 16.6. The zero-order valence-electron chi connectivity index (χ0n) is 14.0. The second-order valence-electron chi connectivity index (χ2n) is 6.36. The Morgan fingerprint density at radius 2 is 1.91 bits per heavy atom. The number of likely N-dealkylation sites (tertiary alicyclic amines) is 1. The molecule has 2 N–H and O–H groups in total. The second-order valence-corrected chi connectivity index (χ2v) is 6.77. The number of halogens is 1. The number of hydrogen-bond acceptors (Lipinski definition) is 3. The number of nitrogens with zero attached hydrogens (tertiary/aromatic N) is 1. The van der Waals surface area contributed by atoms with Crippen molar-refractivity contribution in [1.82, 2.24) is 10.2 Å². The minimum Gasteiger partial charge on any atom is -0.389 e. The minimum absolute atomic E-state index is 0.00710. The van der Waals surface area contributed by atoms with Crippen LogP contribution in [0.15, 0.2) is 24.3 Å². The van der Waals surface area contributed by atoms with Crippen LogP contribution in [0.25, 0.3) is 0 Å². The topological polar surface area (TPSA) is 52.6 Å². The van der Waals surface area contributed by atoms with E-state index in [1.54, 1.807) is 12.1 Å². The minimum atomic E-state index is -0.621. The fourth-order valence-corrected chi connectivity index (χ4v) is 3.14. The summed E-state index contributed by atoms with van der Waals surface area (Å²) in [5, 5.41) is 14.3. The van der Waals surface area contributed by atoms with Gasteiger partial charge in [-0.3, -0.25) is 4.79 Å². The molecule has 23 heavy (non-hydrogen) atoms. The lowest BCUT2D eigenvalue weighted by Gasteiger charge is -2.35. The van der Waals surface area contributed by atoms with Crippen molar-refractivity contribution in [2.75, 3.05) is 19.6 Å². The average molecular weight is 339 g/mol. The lowest BCUT2D eigenvalue weighted by molar-refractivity contribution is 0.0268. The third kappa shape index (κ3) is 4.69. The molecule has 0 aliphatic carbocycles. The first kappa shape index (κ1) is 18.2. The maximum atomic E-state index is 12.5. The smallest absolute Gasteiger partial charge is 0.255 e. The Balaban J connectivity index is 1.84. The van der Waals surface area contributed by atoms with Crippen LogP contribution in [0.1, 0.15) is 49.9 Å². The molecule has 1 saturated heterocycles. The van der Waals surface area contributed by atoms with Crippen molar-refractivity contribution in [3.63, 3.8) is 0 Å². The molecule has 0 bridgehead atoms. The Bertz CT molecular complexity index is 524. The molecular formula is C18H27ClN2O2. The molecule has 0 aromatic heterocycles. The number of hydrogen-bond donors (Lipinski definition) is 2. The average Bonchev–Trinajstić information content (AvgIpc) is 2.60. The summed E-state index contributed by atoms with van der Waals surface area (Å²) in [6, 6.07) is 7.55. The molecule has 1 heterocycles. The van der Waals surface area contributed by atoms with E-state index in [-0.39, 0.29) is 5.91 Å². The molecule has 0 spiro atoms. The van der Waals surface area contributed by atoms with Gasteiger partial charge in [-0.25, -0.2) is 0 Å². The van der Waals surface area contributed by atoms with E-state index >= 15 is 0 Å². The molecule has 1 aliphatic heterocycles. The zero-order valence-corrected chi connectivity index (χ0v) is 14.8. The van der Waals surface area contributed by atoms with Crippen LogP contribution in [0.5, 0.6) is 0 Å². The fraction of sp³-hybridized carbons (Fsp3) is 0.611. The van der Waals surface area contributed by atoms with E-state index in [2.05, 4.69) is 5.32 Å². The number of nitrogens with one attached hydrogen (secondary N) is 1. The van der Waals surface area contributed by atoms with Crippen molar-refractivity contribution in [2.45, 2.75) is 51.2 Å². The number of rotatable bonds is 6. The van der Waals surface area contributed by atoms with Gasteiger partial charge < -0.3 is 15.3 Å². The summed E-state index contributed by atoms with van der Waals surface area (Å²) in [6.07, 6.45) is 3.31. The van der Waals surface area contributed by atoms with Gasteiger partial charge in [-0.1, -0.05) is 37.6 Å². The van der Waals surface area contributed by atoms with Gasteiger partial charge in [0, 0.05) is 25.7 Å². The van der Waals surface area contributed by atoms with Crippen molar-refractivity contribution in [3.8, 4) is 0 Å². The Kier molecular flexibility index (Phi) is 6.45. The van der Waals surface area contributed by atoms with Gasteiger partial charge in [0.25, 0.3) is 5.91 Å². The predicted octanol–water partition coefficient (Wildman–Crippen LogP) is 3.09. The van der Waals surface area contributed by atoms with E-state index in [4.69, 9.17) is 11.6 Å². The molecule has 4 nitrogen and oxygen atoms in total. The summed E-state index contributed by atoms with van der Waals surface area (Å²) in [7, 11) is 0. The Labute approximate surface area is 143 Å². The van der Waals surface area contributed by atoms with Crippen molar-refractivity contribution < 1.29 is 9.90 Å². The van der Waals surface area contributed by atoms with E-state index in [0.29, 0.717) is 23.2 Å². The fourth-order valence-electron chi connectivity index (χ4n) is 2.93. The number of carbonyl (C=O) groups excluding carboxylic acids is 1. The van der Waals surface area contributed by atoms with Crippen LogP contribution in [0.2, 0.25) is 5.02 Å². The van der Waals surface area contributed by atoms with Gasteiger partial charge in [-0.05, 0) is 37.8 Å². The van der Waals surface area contributed by atoms with Crippen LogP contribution in [0.3, 0.4) is 0 Å². The molecule has 1 aromatic rings. The number of piperidine rings is 1. The van der Waals surface area contributed by atoms with Crippen LogP contribution in [-0.4, -0.2) is 47.2 Å². The van der Waals surface area contributed by atoms with Gasteiger partial charge in [-0.2, -0.15) is 0 Å². The summed E-state index contributed by atoms with van der Waals surface area (Å²) >= 11 is 6.11. The summed E-state index contributed by atoms with van der Waals surface area (Å²) < 4.78 is 0. The van der Waals surface area contributed by atoms with E-state index in [1.165, 1.54) is 0 Å². The highest BCUT2D eigenvalue weighted by Crippen LogP contribution is 2.20. The molecule has 0 radical (unpaired) electrons. The molecule has 2 rings (SSSR count). The predicted molar refractivity (Wildman–Crippen MR) is 93.9 cm³/mol. The Morgan fingerprint density at radius 1 is 1.30 bits per heavy atom. The van der Waals surface area contributed by atoms with Crippen LogP contribution < -0.4 is 5.32 Å². The van der Waals surface area contributed by atoms with Crippen molar-refractivity contribution in [3.05, 3.63) is 34.9 Å². The van der Waals surface area contributed by atoms with Gasteiger partial charge in [0.05, 0.1) is 16.2 Å². The van der Waals surface area contributed by atoms with E-state index in [1.807, 2.05) is 30.9 Å². The van der Waals surface area contributed by atoms with Gasteiger partial charge in [0.1, 0.15) is 0 Å². The molecule has 128 valence electrons. The SMILES string of the molecule is CCC(O)(CC)CNC1CCN(C(=O)c2ccccc2Cl)CC1. The molecule has 0 saturated carbocycles. The first-order valence-electron chi connectivity index (χ1n) is 8.48. The summed E-state index contributed by atoms with van der Waals surface area (Å²) in [6.45, 7) is 6.08. The van der Waals surface area contributed by atoms with Crippen LogP contribution >= 0.6 is 11.6 Å². The number of aliphatic hydroxyl groups is 1. The van der Waals surface area contributed by atoms with E-state index < -0.39 is 5.60 Å². The van der Waals surface area contributed by atoms with E-state index in [0.717, 1.165) is 38.8 Å². The summed E-state index contributed by atoms with van der Waals surface area (Å²) in [4.78, 5) is 14.4. The quantitative estimate of drug-likeness (QED) is 0.838. The molecule has 1 fully saturated rings. The van der Waals surface area contributed by atoms with Gasteiger partial charge >= 0.3 is 0 Å². The monoisotopic (exact) mass is 338 g/mol. The summed E-state index contributed by atoms with van der Waals surface area (Å²) in [5.74, 6) is 0.00710. The van der Waals surface area contributed by atoms with Gasteiger partial charge in [0.2, 0.25) is 0 Å². The molecule has 1 amide bonds. The Hall–Kier alpha value is -1.10. The van der Waals surface area contributed by atoms with Gasteiger partial charge in [0.15, 0.2) is 0 Å². The van der Waals surface area contributed by atoms with Crippen molar-refractivity contribution in [1.29, 1.82) is 0 Å². The van der Waals surface area contributed by atoms with Crippen molar-refractivity contribution >= 4 is 17.5 Å². The molecule has 5 heteroatoms. The van der Waals surface area contributed by atoms with Crippen molar-refractivity contribution in [2.24, 2.45) is 0 Å². The van der Waals surface area contributed by atoms with Crippen LogP contribution in [0, 0.1) is 0 Å².